The van der Waals surface area contributed by atoms with E-state index in [1.807, 2.05) is 20.1 Å². The van der Waals surface area contributed by atoms with E-state index in [-0.39, 0.29) is 11.4 Å². The van der Waals surface area contributed by atoms with Crippen molar-refractivity contribution in [3.8, 4) is 0 Å². The van der Waals surface area contributed by atoms with Crippen LogP contribution in [0.4, 0.5) is 0 Å². The standard InChI is InChI=1S/C29H58O.C24H50O.C5H10O.H2O/c1-5-8-10-12-14-16-17-19-21-23-25-29(27-30-26-28(4)7-3)24-22-20-18-15-13-11-9-6-2;1-3-5-7-9-11-13-14-16-18-20-22-24(23-25)21-19-17-15-12-10-8-6-4-2;1-3-5(2)4-6;/h26,29H,5-25,27H2,1-4H3;24-25H,3-23H2,1-2H3;4-5H,3H2,1-2H3;1H2/b28-26+;;;. The van der Waals surface area contributed by atoms with Crippen molar-refractivity contribution in [2.24, 2.45) is 17.8 Å². The SMILES string of the molecule is CCC(C)C=O.CCCCCCCCCCCCC(CCCCCCCCCC)CO/C=C(\C)CC.CCCCCCCCCCCCC(CO)CCCCCCCCCC.O. The fourth-order valence-electron chi connectivity index (χ4n) is 8.12. The molecule has 4 heteroatoms. The van der Waals surface area contributed by atoms with Gasteiger partial charge in [0.05, 0.1) is 12.9 Å². The summed E-state index contributed by atoms with van der Waals surface area (Å²) in [5, 5.41) is 9.57. The van der Waals surface area contributed by atoms with E-state index in [0.717, 1.165) is 31.7 Å². The van der Waals surface area contributed by atoms with Crippen LogP contribution in [0.5, 0.6) is 0 Å². The van der Waals surface area contributed by atoms with Crippen LogP contribution in [-0.4, -0.2) is 30.1 Å². The monoisotopic (exact) mass is 881 g/mol. The number of hydrogen-bond donors (Lipinski definition) is 1. The van der Waals surface area contributed by atoms with Gasteiger partial charge in [-0.1, -0.05) is 280 Å². The zero-order chi connectivity index (χ0) is 45.5. The van der Waals surface area contributed by atoms with Crippen LogP contribution >= 0.6 is 0 Å². The predicted molar refractivity (Wildman–Crippen MR) is 281 cm³/mol. The van der Waals surface area contributed by atoms with Gasteiger partial charge in [0.2, 0.25) is 0 Å². The Labute approximate surface area is 392 Å². The molecule has 3 atom stereocenters. The van der Waals surface area contributed by atoms with E-state index >= 15 is 0 Å². The molecular weight excluding hydrogens is 761 g/mol. The fraction of sp³-hybridized carbons (Fsp3) is 0.948. The number of carbonyl (C=O) groups is 1. The summed E-state index contributed by atoms with van der Waals surface area (Å²) >= 11 is 0. The largest absolute Gasteiger partial charge is 0.501 e. The van der Waals surface area contributed by atoms with E-state index in [0.29, 0.717) is 12.5 Å². The van der Waals surface area contributed by atoms with E-state index in [9.17, 15) is 9.90 Å². The Kier molecular flexibility index (Phi) is 68.0. The summed E-state index contributed by atoms with van der Waals surface area (Å²) in [7, 11) is 0. The molecule has 0 heterocycles. The second kappa shape index (κ2) is 62.2. The summed E-state index contributed by atoms with van der Waals surface area (Å²) in [5.41, 5.74) is 1.36. The maximum Gasteiger partial charge on any atom is 0.122 e. The van der Waals surface area contributed by atoms with Gasteiger partial charge in [-0.3, -0.25) is 0 Å². The molecule has 0 fully saturated rings. The van der Waals surface area contributed by atoms with Crippen molar-refractivity contribution >= 4 is 6.29 Å². The Morgan fingerprint density at radius 1 is 0.435 bits per heavy atom. The molecule has 0 saturated carbocycles. The van der Waals surface area contributed by atoms with E-state index < -0.39 is 0 Å². The molecule has 0 aliphatic carbocycles. The van der Waals surface area contributed by atoms with Crippen molar-refractivity contribution in [3.63, 3.8) is 0 Å². The quantitative estimate of drug-likeness (QED) is 0.0376. The number of allylic oxidation sites excluding steroid dienone is 1. The van der Waals surface area contributed by atoms with Crippen molar-refractivity contribution in [2.75, 3.05) is 13.2 Å². The summed E-state index contributed by atoms with van der Waals surface area (Å²) in [6.45, 7) is 18.8. The van der Waals surface area contributed by atoms with Crippen molar-refractivity contribution < 1.29 is 20.1 Å². The normalized spacial score (nSPS) is 12.7. The van der Waals surface area contributed by atoms with E-state index in [4.69, 9.17) is 4.74 Å². The van der Waals surface area contributed by atoms with Crippen molar-refractivity contribution in [3.05, 3.63) is 11.8 Å². The lowest BCUT2D eigenvalue weighted by atomic mass is 9.94. The molecule has 0 aromatic rings. The van der Waals surface area contributed by atoms with Crippen molar-refractivity contribution in [1.29, 1.82) is 0 Å². The topological polar surface area (TPSA) is 78.0 Å². The van der Waals surface area contributed by atoms with Crippen molar-refractivity contribution in [2.45, 2.75) is 325 Å². The highest BCUT2D eigenvalue weighted by molar-refractivity contribution is 5.52. The fourth-order valence-corrected chi connectivity index (χ4v) is 8.12. The Balaban J connectivity index is -0.000000477. The van der Waals surface area contributed by atoms with Gasteiger partial charge in [0, 0.05) is 12.5 Å². The molecule has 0 bridgehead atoms. The number of aldehydes is 1. The first-order valence-corrected chi connectivity index (χ1v) is 28.2. The van der Waals surface area contributed by atoms with Gasteiger partial charge in [0.1, 0.15) is 6.29 Å². The molecule has 62 heavy (non-hydrogen) atoms. The molecule has 3 unspecified atom stereocenters. The number of aliphatic hydroxyl groups excluding tert-OH is 1. The summed E-state index contributed by atoms with van der Waals surface area (Å²) in [4.78, 5) is 9.74. The van der Waals surface area contributed by atoms with Gasteiger partial charge in [0.15, 0.2) is 0 Å². The summed E-state index contributed by atoms with van der Waals surface area (Å²) < 4.78 is 5.95. The van der Waals surface area contributed by atoms with Crippen LogP contribution in [0.25, 0.3) is 0 Å². The summed E-state index contributed by atoms with van der Waals surface area (Å²) in [6.07, 6.45) is 61.1. The first-order chi connectivity index (χ1) is 29.9. The molecule has 0 aliphatic heterocycles. The molecule has 0 saturated heterocycles. The number of aliphatic hydroxyl groups is 1. The number of hydrogen-bond acceptors (Lipinski definition) is 3. The average molecular weight is 882 g/mol. The molecule has 3 N–H and O–H groups in total. The van der Waals surface area contributed by atoms with Gasteiger partial charge in [-0.05, 0) is 62.9 Å². The van der Waals surface area contributed by atoms with Gasteiger partial charge in [0.25, 0.3) is 0 Å². The molecule has 4 nitrogen and oxygen atoms in total. The maximum atomic E-state index is 9.74. The van der Waals surface area contributed by atoms with Crippen LogP contribution in [-0.2, 0) is 9.53 Å². The number of carbonyl (C=O) groups excluding carboxylic acids is 1. The second-order valence-electron chi connectivity index (χ2n) is 19.6. The highest BCUT2D eigenvalue weighted by Gasteiger charge is 2.10. The highest BCUT2D eigenvalue weighted by atomic mass is 16.5. The van der Waals surface area contributed by atoms with Gasteiger partial charge in [-0.25, -0.2) is 0 Å². The summed E-state index contributed by atoms with van der Waals surface area (Å²) in [6, 6.07) is 0. The molecular formula is C58H120O4. The van der Waals surface area contributed by atoms with E-state index in [1.165, 1.54) is 262 Å². The first kappa shape index (κ1) is 67.7. The average Bonchev–Trinajstić information content (AvgIpc) is 3.28. The molecule has 0 rings (SSSR count). The van der Waals surface area contributed by atoms with Crippen LogP contribution in [0, 0.1) is 17.8 Å². The van der Waals surface area contributed by atoms with Crippen LogP contribution in [0.3, 0.4) is 0 Å². The van der Waals surface area contributed by atoms with Gasteiger partial charge >= 0.3 is 0 Å². The smallest absolute Gasteiger partial charge is 0.122 e. The molecule has 376 valence electrons. The zero-order valence-corrected chi connectivity index (χ0v) is 44.3. The van der Waals surface area contributed by atoms with E-state index in [2.05, 4.69) is 41.5 Å². The maximum absolute atomic E-state index is 9.74. The van der Waals surface area contributed by atoms with Gasteiger partial charge in [-0.2, -0.15) is 0 Å². The van der Waals surface area contributed by atoms with Crippen LogP contribution in [0.2, 0.25) is 0 Å². The van der Waals surface area contributed by atoms with Crippen LogP contribution in [0.1, 0.15) is 325 Å². The molecule has 0 aliphatic rings. The predicted octanol–water partition coefficient (Wildman–Crippen LogP) is 19.6. The van der Waals surface area contributed by atoms with Crippen LogP contribution < -0.4 is 0 Å². The third-order valence-corrected chi connectivity index (χ3v) is 13.2. The Morgan fingerprint density at radius 3 is 0.903 bits per heavy atom. The second-order valence-corrected chi connectivity index (χ2v) is 19.6. The van der Waals surface area contributed by atoms with Crippen molar-refractivity contribution in [1.82, 2.24) is 0 Å². The number of rotatable bonds is 47. The molecule has 0 aromatic heterocycles. The van der Waals surface area contributed by atoms with Gasteiger partial charge in [-0.15, -0.1) is 0 Å². The molecule has 0 spiro atoms. The molecule has 0 amide bonds. The first-order valence-electron chi connectivity index (χ1n) is 28.2. The van der Waals surface area contributed by atoms with Gasteiger partial charge < -0.3 is 20.1 Å². The van der Waals surface area contributed by atoms with E-state index in [1.54, 1.807) is 0 Å². The summed E-state index contributed by atoms with van der Waals surface area (Å²) in [5.74, 6) is 1.60. The molecule has 0 aromatic carbocycles. The number of unbranched alkanes of at least 4 members (excludes halogenated alkanes) is 32. The number of ether oxygens (including phenoxy) is 1. The third-order valence-electron chi connectivity index (χ3n) is 13.2. The minimum atomic E-state index is 0. The Hall–Kier alpha value is -0.870. The Bertz CT molecular complexity index is 796. The highest BCUT2D eigenvalue weighted by Crippen LogP contribution is 2.22. The lowest BCUT2D eigenvalue weighted by molar-refractivity contribution is -0.110. The minimum Gasteiger partial charge on any atom is -0.501 e. The van der Waals surface area contributed by atoms with Crippen LogP contribution in [0.15, 0.2) is 11.8 Å². The molecule has 0 radical (unpaired) electrons. The lowest BCUT2D eigenvalue weighted by Crippen LogP contribution is -2.08. The third kappa shape index (κ3) is 61.2. The minimum absolute atomic E-state index is 0. The zero-order valence-electron chi connectivity index (χ0n) is 44.3. The Morgan fingerprint density at radius 2 is 0.694 bits per heavy atom. The lowest BCUT2D eigenvalue weighted by Gasteiger charge is -2.17.